The second-order valence-corrected chi connectivity index (χ2v) is 9.35. The fraction of sp³-hybridized carbons (Fsp3) is 0.636. The number of nitrogens with zero attached hydrogens (tertiary/aromatic N) is 1. The van der Waals surface area contributed by atoms with Gasteiger partial charge in [0.05, 0.1) is 5.41 Å². The first-order valence-corrected chi connectivity index (χ1v) is 10.4. The number of benzene rings is 1. The molecule has 1 aromatic rings. The van der Waals surface area contributed by atoms with E-state index in [0.717, 1.165) is 25.7 Å². The lowest BCUT2D eigenvalue weighted by atomic mass is 9.49. The summed E-state index contributed by atoms with van der Waals surface area (Å²) < 4.78 is 13.4. The van der Waals surface area contributed by atoms with Gasteiger partial charge in [-0.25, -0.2) is 4.39 Å². The standard InChI is InChI=1S/C22H27FN2O2/c23-17-3-1-4-18(10-17)24-20(26)19-5-2-6-25(19)21(27)22-11-14-7-15(12-22)9-16(8-14)13-22/h1,3-4,10,14-16,19H,2,5-9,11-13H2,(H,24,26). The van der Waals surface area contributed by atoms with Crippen LogP contribution in [0, 0.1) is 29.0 Å². The summed E-state index contributed by atoms with van der Waals surface area (Å²) in [6, 6.07) is 5.51. The zero-order chi connectivity index (χ0) is 18.6. The number of amides is 2. The maximum absolute atomic E-state index is 13.6. The quantitative estimate of drug-likeness (QED) is 0.875. The molecule has 5 aliphatic rings. The van der Waals surface area contributed by atoms with Gasteiger partial charge in [0.1, 0.15) is 11.9 Å². The van der Waals surface area contributed by atoms with Gasteiger partial charge in [-0.05, 0) is 87.3 Å². The fourth-order valence-corrected chi connectivity index (χ4v) is 6.75. The zero-order valence-electron chi connectivity index (χ0n) is 15.6. The Morgan fingerprint density at radius 2 is 1.74 bits per heavy atom. The lowest BCUT2D eigenvalue weighted by Gasteiger charge is -2.56. The van der Waals surface area contributed by atoms with Crippen molar-refractivity contribution >= 4 is 17.5 Å². The summed E-state index contributed by atoms with van der Waals surface area (Å²) in [5.41, 5.74) is 0.241. The van der Waals surface area contributed by atoms with Gasteiger partial charge in [-0.3, -0.25) is 9.59 Å². The van der Waals surface area contributed by atoms with E-state index < -0.39 is 6.04 Å². The molecule has 5 heteroatoms. The molecule has 4 nitrogen and oxygen atoms in total. The smallest absolute Gasteiger partial charge is 0.247 e. The summed E-state index contributed by atoms with van der Waals surface area (Å²) in [6.45, 7) is 0.668. The molecule has 6 rings (SSSR count). The number of carbonyl (C=O) groups is 2. The minimum absolute atomic E-state index is 0.184. The zero-order valence-corrected chi connectivity index (χ0v) is 15.6. The van der Waals surface area contributed by atoms with Crippen LogP contribution in [0.1, 0.15) is 51.4 Å². The SMILES string of the molecule is O=C(Nc1cccc(F)c1)C1CCCN1C(=O)C12CC3CC(CC(C3)C1)C2. The summed E-state index contributed by atoms with van der Waals surface area (Å²) in [5, 5.41) is 2.81. The molecule has 4 aliphatic carbocycles. The van der Waals surface area contributed by atoms with E-state index in [2.05, 4.69) is 5.32 Å². The van der Waals surface area contributed by atoms with Gasteiger partial charge in [0.2, 0.25) is 11.8 Å². The van der Waals surface area contributed by atoms with Crippen LogP contribution in [0.2, 0.25) is 0 Å². The third-order valence-corrected chi connectivity index (χ3v) is 7.40. The van der Waals surface area contributed by atoms with Crippen molar-refractivity contribution in [2.75, 3.05) is 11.9 Å². The van der Waals surface area contributed by atoms with E-state index in [0.29, 0.717) is 36.4 Å². The molecule has 1 saturated heterocycles. The van der Waals surface area contributed by atoms with E-state index >= 15 is 0 Å². The van der Waals surface area contributed by atoms with E-state index in [-0.39, 0.29) is 23.0 Å². The molecular weight excluding hydrogens is 343 g/mol. The largest absolute Gasteiger partial charge is 0.330 e. The van der Waals surface area contributed by atoms with Crippen molar-refractivity contribution in [3.8, 4) is 0 Å². The lowest BCUT2D eigenvalue weighted by molar-refractivity contribution is -0.160. The highest BCUT2D eigenvalue weighted by molar-refractivity contribution is 5.98. The second kappa shape index (κ2) is 6.32. The number of hydrogen-bond acceptors (Lipinski definition) is 2. The molecule has 1 heterocycles. The Morgan fingerprint density at radius 3 is 2.37 bits per heavy atom. The molecule has 144 valence electrons. The Balaban J connectivity index is 1.33. The van der Waals surface area contributed by atoms with Crippen molar-refractivity contribution in [3.05, 3.63) is 30.1 Å². The predicted octanol–water partition coefficient (Wildman–Crippen LogP) is 3.97. The van der Waals surface area contributed by atoms with E-state index in [1.807, 2.05) is 4.90 Å². The number of likely N-dealkylation sites (tertiary alicyclic amines) is 1. The first-order chi connectivity index (χ1) is 13.0. The second-order valence-electron chi connectivity index (χ2n) is 9.35. The van der Waals surface area contributed by atoms with Gasteiger partial charge < -0.3 is 10.2 Å². The molecule has 0 radical (unpaired) electrons. The van der Waals surface area contributed by atoms with Crippen molar-refractivity contribution in [2.45, 2.75) is 57.4 Å². The lowest BCUT2D eigenvalue weighted by Crippen LogP contribution is -2.56. The van der Waals surface area contributed by atoms with Crippen LogP contribution in [0.15, 0.2) is 24.3 Å². The summed E-state index contributed by atoms with van der Waals surface area (Å²) in [7, 11) is 0. The molecular formula is C22H27FN2O2. The summed E-state index contributed by atoms with van der Waals surface area (Å²) in [4.78, 5) is 28.3. The Morgan fingerprint density at radius 1 is 1.07 bits per heavy atom. The number of halogens is 1. The van der Waals surface area contributed by atoms with Crippen molar-refractivity contribution in [3.63, 3.8) is 0 Å². The van der Waals surface area contributed by atoms with Gasteiger partial charge in [0, 0.05) is 12.2 Å². The summed E-state index contributed by atoms with van der Waals surface area (Å²) >= 11 is 0. The van der Waals surface area contributed by atoms with Crippen LogP contribution in [0.4, 0.5) is 10.1 Å². The van der Waals surface area contributed by atoms with Crippen molar-refractivity contribution in [2.24, 2.45) is 23.2 Å². The first kappa shape index (κ1) is 17.2. The van der Waals surface area contributed by atoms with Crippen LogP contribution in [0.3, 0.4) is 0 Å². The van der Waals surface area contributed by atoms with Crippen LogP contribution in [-0.4, -0.2) is 29.3 Å². The highest BCUT2D eigenvalue weighted by Crippen LogP contribution is 2.60. The van der Waals surface area contributed by atoms with Crippen molar-refractivity contribution in [1.29, 1.82) is 0 Å². The minimum atomic E-state index is -0.422. The van der Waals surface area contributed by atoms with E-state index in [1.165, 1.54) is 31.4 Å². The van der Waals surface area contributed by atoms with Crippen molar-refractivity contribution in [1.82, 2.24) is 4.90 Å². The summed E-state index contributed by atoms with van der Waals surface area (Å²) in [6.07, 6.45) is 8.52. The molecule has 27 heavy (non-hydrogen) atoms. The molecule has 4 saturated carbocycles. The number of rotatable bonds is 3. The first-order valence-electron chi connectivity index (χ1n) is 10.4. The van der Waals surface area contributed by atoms with Crippen LogP contribution in [-0.2, 0) is 9.59 Å². The Labute approximate surface area is 159 Å². The molecule has 1 unspecified atom stereocenters. The number of nitrogens with one attached hydrogen (secondary N) is 1. The van der Waals surface area contributed by atoms with Crippen molar-refractivity contribution < 1.29 is 14.0 Å². The maximum atomic E-state index is 13.6. The third kappa shape index (κ3) is 2.95. The number of anilines is 1. The van der Waals surface area contributed by atoms with Crippen LogP contribution in [0.5, 0.6) is 0 Å². The molecule has 5 fully saturated rings. The van der Waals surface area contributed by atoms with Gasteiger partial charge in [0.25, 0.3) is 0 Å². The maximum Gasteiger partial charge on any atom is 0.247 e. The average Bonchev–Trinajstić information content (AvgIpc) is 3.09. The predicted molar refractivity (Wildman–Crippen MR) is 100 cm³/mol. The molecule has 1 atom stereocenters. The molecule has 1 aromatic carbocycles. The van der Waals surface area contributed by atoms with Gasteiger partial charge in [-0.2, -0.15) is 0 Å². The average molecular weight is 370 g/mol. The van der Waals surface area contributed by atoms with Gasteiger partial charge in [-0.1, -0.05) is 6.07 Å². The Hall–Kier alpha value is -1.91. The van der Waals surface area contributed by atoms with E-state index in [9.17, 15) is 14.0 Å². The van der Waals surface area contributed by atoms with Gasteiger partial charge in [-0.15, -0.1) is 0 Å². The third-order valence-electron chi connectivity index (χ3n) is 7.40. The van der Waals surface area contributed by atoms with Gasteiger partial charge >= 0.3 is 0 Å². The molecule has 4 bridgehead atoms. The van der Waals surface area contributed by atoms with E-state index in [4.69, 9.17) is 0 Å². The molecule has 2 amide bonds. The molecule has 1 aliphatic heterocycles. The van der Waals surface area contributed by atoms with E-state index in [1.54, 1.807) is 12.1 Å². The normalized spacial score (nSPS) is 36.9. The fourth-order valence-electron chi connectivity index (χ4n) is 6.75. The minimum Gasteiger partial charge on any atom is -0.330 e. The highest BCUT2D eigenvalue weighted by Gasteiger charge is 2.56. The van der Waals surface area contributed by atoms with Crippen LogP contribution >= 0.6 is 0 Å². The van der Waals surface area contributed by atoms with Crippen LogP contribution in [0.25, 0.3) is 0 Å². The monoisotopic (exact) mass is 370 g/mol. The Kier molecular flexibility index (Phi) is 4.03. The molecule has 0 aromatic heterocycles. The Bertz CT molecular complexity index is 742. The molecule has 0 spiro atoms. The number of hydrogen-bond donors (Lipinski definition) is 1. The topological polar surface area (TPSA) is 49.4 Å². The molecule has 1 N–H and O–H groups in total. The summed E-state index contributed by atoms with van der Waals surface area (Å²) in [5.74, 6) is 1.79. The number of carbonyl (C=O) groups excluding carboxylic acids is 2. The highest BCUT2D eigenvalue weighted by atomic mass is 19.1. The van der Waals surface area contributed by atoms with Gasteiger partial charge in [0.15, 0.2) is 0 Å². The van der Waals surface area contributed by atoms with Crippen LogP contribution < -0.4 is 5.32 Å².